The highest BCUT2D eigenvalue weighted by molar-refractivity contribution is 7.94. The van der Waals surface area contributed by atoms with Crippen LogP contribution in [0, 0.1) is 11.8 Å². The molecule has 0 radical (unpaired) electrons. The van der Waals surface area contributed by atoms with E-state index >= 15 is 0 Å². The summed E-state index contributed by atoms with van der Waals surface area (Å²) in [6.45, 7) is 2.14. The van der Waals surface area contributed by atoms with Crippen molar-refractivity contribution in [2.45, 2.75) is 81.5 Å². The van der Waals surface area contributed by atoms with Crippen molar-refractivity contribution in [1.29, 1.82) is 0 Å². The quantitative estimate of drug-likeness (QED) is 0.301. The third-order valence-corrected chi connectivity index (χ3v) is 6.00. The van der Waals surface area contributed by atoms with Crippen molar-refractivity contribution in [3.05, 3.63) is 29.8 Å². The van der Waals surface area contributed by atoms with Crippen LogP contribution in [0.3, 0.4) is 0 Å². The molecule has 1 fully saturated rings. The number of halogens is 5. The molecule has 1 aliphatic carbocycles. The molecule has 1 saturated carbocycles. The normalized spacial score (nSPS) is 21.8. The van der Waals surface area contributed by atoms with E-state index < -0.39 is 23.3 Å². The second kappa shape index (κ2) is 9.43. The first-order chi connectivity index (χ1) is 12.3. The van der Waals surface area contributed by atoms with E-state index in [4.69, 9.17) is 0 Å². The Labute approximate surface area is 157 Å². The van der Waals surface area contributed by atoms with E-state index in [9.17, 15) is 21.4 Å². The molecular weight excluding hydrogens is 367 g/mol. The van der Waals surface area contributed by atoms with Gasteiger partial charge in [-0.2, -0.15) is 21.4 Å². The fourth-order valence-corrected chi connectivity index (χ4v) is 4.08. The van der Waals surface area contributed by atoms with E-state index in [0.29, 0.717) is 18.8 Å². The van der Waals surface area contributed by atoms with Crippen molar-refractivity contribution < 1.29 is 21.4 Å². The summed E-state index contributed by atoms with van der Waals surface area (Å²) in [7, 11) is 0. The van der Waals surface area contributed by atoms with Crippen molar-refractivity contribution in [2.24, 2.45) is 11.8 Å². The van der Waals surface area contributed by atoms with Gasteiger partial charge in [0.2, 0.25) is 0 Å². The van der Waals surface area contributed by atoms with Gasteiger partial charge in [-0.3, -0.25) is 0 Å². The van der Waals surface area contributed by atoms with Crippen molar-refractivity contribution >= 4 is 12.1 Å². The summed E-state index contributed by atoms with van der Waals surface area (Å²) in [5.41, 5.74) is -0.748. The largest absolute Gasteiger partial charge is 0.335 e. The molecule has 0 unspecified atom stereocenters. The van der Waals surface area contributed by atoms with Crippen LogP contribution in [-0.4, -0.2) is 5.92 Å². The van der Waals surface area contributed by atoms with Gasteiger partial charge in [0.25, 0.3) is 0 Å². The summed E-state index contributed by atoms with van der Waals surface area (Å²) >= 11 is -0.0991. The third kappa shape index (κ3) is 4.93. The van der Waals surface area contributed by atoms with Gasteiger partial charge in [-0.1, -0.05) is 51.2 Å². The van der Waals surface area contributed by atoms with E-state index in [1.807, 2.05) is 0 Å². The molecule has 0 aliphatic heterocycles. The maximum absolute atomic E-state index is 14.6. The summed E-state index contributed by atoms with van der Waals surface area (Å²) in [6, 6.07) is 4.01. The molecule has 6 heteroatoms. The highest BCUT2D eigenvalue weighted by Crippen LogP contribution is 2.52. The van der Waals surface area contributed by atoms with Crippen LogP contribution in [0.25, 0.3) is 0 Å². The first-order valence-corrected chi connectivity index (χ1v) is 10.2. The lowest BCUT2D eigenvalue weighted by molar-refractivity contribution is -0.249. The average molecular weight is 394 g/mol. The topological polar surface area (TPSA) is 0 Å². The Morgan fingerprint density at radius 1 is 0.923 bits per heavy atom. The zero-order valence-corrected chi connectivity index (χ0v) is 15.9. The Morgan fingerprint density at radius 3 is 2.08 bits per heavy atom. The molecule has 0 heterocycles. The van der Waals surface area contributed by atoms with E-state index in [-0.39, 0.29) is 29.9 Å². The van der Waals surface area contributed by atoms with Gasteiger partial charge in [0.1, 0.15) is 0 Å². The van der Waals surface area contributed by atoms with Gasteiger partial charge < -0.3 is 0 Å². The summed E-state index contributed by atoms with van der Waals surface area (Å²) in [5, 5.41) is 0. The van der Waals surface area contributed by atoms with Crippen LogP contribution in [0.5, 0.6) is 0 Å². The molecule has 0 saturated heterocycles. The number of hydrogen-bond acceptors (Lipinski definition) is 1. The molecule has 0 atom stereocenters. The first-order valence-electron chi connectivity index (χ1n) is 9.47. The molecule has 0 amide bonds. The maximum atomic E-state index is 14.6. The number of rotatable bonds is 9. The zero-order chi connectivity index (χ0) is 19.2. The summed E-state index contributed by atoms with van der Waals surface area (Å²) < 4.78 is 70.6. The summed E-state index contributed by atoms with van der Waals surface area (Å²) in [4.78, 5) is 0.122. The second-order valence-corrected chi connectivity index (χ2v) is 7.99. The third-order valence-electron chi connectivity index (χ3n) is 5.55. The monoisotopic (exact) mass is 394 g/mol. The fourth-order valence-electron chi connectivity index (χ4n) is 3.84. The minimum Gasteiger partial charge on any atom is -0.199 e. The van der Waals surface area contributed by atoms with E-state index in [1.54, 1.807) is 0 Å². The van der Waals surface area contributed by atoms with Crippen molar-refractivity contribution in [1.82, 2.24) is 0 Å². The minimum absolute atomic E-state index is 0.0991. The molecule has 0 bridgehead atoms. The van der Waals surface area contributed by atoms with Crippen LogP contribution in [0.2, 0.25) is 0 Å². The summed E-state index contributed by atoms with van der Waals surface area (Å²) in [5.74, 6) is -9.26. The molecule has 148 valence electrons. The zero-order valence-electron chi connectivity index (χ0n) is 15.1. The van der Waals surface area contributed by atoms with Crippen molar-refractivity contribution in [3.8, 4) is 0 Å². The smallest absolute Gasteiger partial charge is 0.199 e. The molecular formula is C20H27F5S. The van der Waals surface area contributed by atoms with Gasteiger partial charge in [0.05, 0.1) is 12.1 Å². The Hall–Kier alpha value is -0.780. The number of alkyl halides is 4. The molecule has 1 aliphatic rings. The number of hydrogen-bond donors (Lipinski definition) is 0. The second-order valence-electron chi connectivity index (χ2n) is 7.37. The van der Waals surface area contributed by atoms with E-state index in [2.05, 4.69) is 6.92 Å². The van der Waals surface area contributed by atoms with Gasteiger partial charge in [0.15, 0.2) is 0 Å². The predicted octanol–water partition coefficient (Wildman–Crippen LogP) is 8.17. The Balaban J connectivity index is 1.96. The van der Waals surface area contributed by atoms with Crippen LogP contribution in [0.1, 0.15) is 70.3 Å². The Morgan fingerprint density at radius 2 is 1.54 bits per heavy atom. The molecule has 0 nitrogen and oxygen atoms in total. The van der Waals surface area contributed by atoms with Gasteiger partial charge in [-0.25, -0.2) is 0 Å². The standard InChI is InChI=1S/C20H27F5S/c1-2-3-4-5-6-15-7-9-16(10-8-15)19(21,22)20(23,24)17-11-13-18(26-25)14-12-17/h11-16H,2-10H2,1H3. The lowest BCUT2D eigenvalue weighted by Crippen LogP contribution is -2.45. The van der Waals surface area contributed by atoms with Crippen LogP contribution >= 0.6 is 12.1 Å². The summed E-state index contributed by atoms with van der Waals surface area (Å²) in [6.07, 6.45) is 7.06. The molecule has 26 heavy (non-hydrogen) atoms. The highest BCUT2D eigenvalue weighted by Gasteiger charge is 2.61. The van der Waals surface area contributed by atoms with Crippen molar-refractivity contribution in [2.75, 3.05) is 0 Å². The highest BCUT2D eigenvalue weighted by atomic mass is 32.2. The molecule has 1 aromatic rings. The van der Waals surface area contributed by atoms with Crippen molar-refractivity contribution in [3.63, 3.8) is 0 Å². The van der Waals surface area contributed by atoms with Gasteiger partial charge in [0, 0.05) is 16.4 Å². The fraction of sp³-hybridized carbons (Fsp3) is 0.700. The first kappa shape index (κ1) is 21.5. The van der Waals surface area contributed by atoms with E-state index in [0.717, 1.165) is 49.9 Å². The van der Waals surface area contributed by atoms with Gasteiger partial charge in [-0.15, -0.1) is 0 Å². The molecule has 1 aromatic carbocycles. The number of unbranched alkanes of at least 4 members (excludes halogenated alkanes) is 3. The predicted molar refractivity (Wildman–Crippen MR) is 96.5 cm³/mol. The van der Waals surface area contributed by atoms with E-state index in [1.165, 1.54) is 6.42 Å². The van der Waals surface area contributed by atoms with Gasteiger partial charge in [-0.05, 0) is 43.7 Å². The SMILES string of the molecule is CCCCCCC1CCC(C(F)(F)C(F)(F)c2ccc(SF)cc2)CC1. The Kier molecular flexibility index (Phi) is 7.80. The van der Waals surface area contributed by atoms with Crippen LogP contribution in [0.4, 0.5) is 21.4 Å². The average Bonchev–Trinajstić information content (AvgIpc) is 2.65. The number of benzene rings is 1. The Bertz CT molecular complexity index is 536. The lowest BCUT2D eigenvalue weighted by atomic mass is 9.75. The maximum Gasteiger partial charge on any atom is 0.335 e. The molecule has 0 N–H and O–H groups in total. The molecule has 0 spiro atoms. The van der Waals surface area contributed by atoms with Crippen LogP contribution in [-0.2, 0) is 5.92 Å². The van der Waals surface area contributed by atoms with Crippen LogP contribution in [0.15, 0.2) is 29.2 Å². The minimum atomic E-state index is -4.24. The lowest BCUT2D eigenvalue weighted by Gasteiger charge is -2.37. The molecule has 2 rings (SSSR count). The van der Waals surface area contributed by atoms with Gasteiger partial charge >= 0.3 is 11.8 Å². The van der Waals surface area contributed by atoms with Crippen LogP contribution < -0.4 is 0 Å². The molecule has 0 aromatic heterocycles.